The van der Waals surface area contributed by atoms with Crippen molar-refractivity contribution in [2.45, 2.75) is 6.92 Å². The molecular formula is C24H18F3N3O2. The lowest BCUT2D eigenvalue weighted by Gasteiger charge is -2.10. The van der Waals surface area contributed by atoms with Crippen molar-refractivity contribution in [3.63, 3.8) is 0 Å². The number of pyridine rings is 1. The number of aromatic amines is 1. The number of hydrogen-bond donors (Lipinski definition) is 2. The summed E-state index contributed by atoms with van der Waals surface area (Å²) < 4.78 is 47.9. The number of amides is 1. The first-order valence-corrected chi connectivity index (χ1v) is 9.65. The third kappa shape index (κ3) is 3.94. The van der Waals surface area contributed by atoms with E-state index < -0.39 is 17.5 Å². The number of halogens is 3. The van der Waals surface area contributed by atoms with Gasteiger partial charge >= 0.3 is 0 Å². The molecule has 2 N–H and O–H groups in total. The maximum Gasteiger partial charge on any atom is 0.248 e. The van der Waals surface area contributed by atoms with Crippen LogP contribution in [0.4, 0.5) is 18.9 Å². The van der Waals surface area contributed by atoms with Crippen LogP contribution in [0.15, 0.2) is 60.9 Å². The van der Waals surface area contributed by atoms with Gasteiger partial charge < -0.3 is 15.0 Å². The molecular weight excluding hydrogens is 419 g/mol. The Morgan fingerprint density at radius 2 is 1.88 bits per heavy atom. The van der Waals surface area contributed by atoms with Crippen molar-refractivity contribution in [1.29, 1.82) is 0 Å². The Labute approximate surface area is 181 Å². The summed E-state index contributed by atoms with van der Waals surface area (Å²) in [5.74, 6) is -2.56. The third-order valence-corrected chi connectivity index (χ3v) is 4.90. The molecule has 8 heteroatoms. The minimum atomic E-state index is -0.837. The van der Waals surface area contributed by atoms with Crippen LogP contribution < -0.4 is 10.1 Å². The molecule has 1 amide bonds. The number of rotatable bonds is 5. The van der Waals surface area contributed by atoms with Crippen LogP contribution in [0.25, 0.3) is 33.3 Å². The number of nitrogens with one attached hydrogen (secondary N) is 2. The van der Waals surface area contributed by atoms with Gasteiger partial charge in [-0.2, -0.15) is 0 Å². The number of methoxy groups -OCH3 is 1. The van der Waals surface area contributed by atoms with Crippen molar-refractivity contribution in [3.8, 4) is 28.0 Å². The second-order valence-electron chi connectivity index (χ2n) is 6.97. The number of carbonyl (C=O) groups excluding carboxylic acids is 1. The lowest BCUT2D eigenvalue weighted by molar-refractivity contribution is -0.111. The minimum absolute atomic E-state index is 0.113. The molecule has 32 heavy (non-hydrogen) atoms. The molecule has 2 aromatic carbocycles. The van der Waals surface area contributed by atoms with Crippen molar-refractivity contribution in [2.24, 2.45) is 0 Å². The number of nitrogens with zero attached hydrogens (tertiary/aromatic N) is 1. The maximum atomic E-state index is 14.6. The fraction of sp³-hybridized carbons (Fsp3) is 0.0833. The Balaban J connectivity index is 1.84. The van der Waals surface area contributed by atoms with E-state index in [0.29, 0.717) is 27.8 Å². The van der Waals surface area contributed by atoms with Crippen LogP contribution in [0.1, 0.15) is 6.92 Å². The van der Waals surface area contributed by atoms with Crippen molar-refractivity contribution in [1.82, 2.24) is 9.97 Å². The summed E-state index contributed by atoms with van der Waals surface area (Å²) in [4.78, 5) is 19.1. The van der Waals surface area contributed by atoms with Gasteiger partial charge in [-0.1, -0.05) is 6.08 Å². The SMILES string of the molecule is CC=CC(=O)Nc1ccc(F)c(-c2cnc3[nH]cc(-c4cc(F)cc(F)c4OC)c3c2)c1. The van der Waals surface area contributed by atoms with Crippen molar-refractivity contribution in [3.05, 3.63) is 78.4 Å². The first-order valence-electron chi connectivity index (χ1n) is 9.65. The predicted octanol–water partition coefficient (Wildman–Crippen LogP) is 5.84. The van der Waals surface area contributed by atoms with Gasteiger partial charge in [0.25, 0.3) is 0 Å². The molecule has 0 aliphatic carbocycles. The molecule has 4 rings (SSSR count). The van der Waals surface area contributed by atoms with Crippen molar-refractivity contribution >= 4 is 22.6 Å². The molecule has 4 aromatic rings. The van der Waals surface area contributed by atoms with Gasteiger partial charge in [0.2, 0.25) is 5.91 Å². The molecule has 0 unspecified atom stereocenters. The maximum absolute atomic E-state index is 14.6. The van der Waals surface area contributed by atoms with Gasteiger partial charge in [-0.25, -0.2) is 18.2 Å². The molecule has 162 valence electrons. The second kappa shape index (κ2) is 8.58. The highest BCUT2D eigenvalue weighted by Crippen LogP contribution is 2.38. The zero-order chi connectivity index (χ0) is 22.8. The molecule has 5 nitrogen and oxygen atoms in total. The Morgan fingerprint density at radius 1 is 1.06 bits per heavy atom. The Kier molecular flexibility index (Phi) is 5.68. The normalized spacial score (nSPS) is 11.3. The molecule has 0 spiro atoms. The van der Waals surface area contributed by atoms with E-state index in [2.05, 4.69) is 15.3 Å². The van der Waals surface area contributed by atoms with E-state index in [0.717, 1.165) is 12.1 Å². The van der Waals surface area contributed by atoms with Crippen LogP contribution >= 0.6 is 0 Å². The van der Waals surface area contributed by atoms with Crippen LogP contribution in [0.5, 0.6) is 5.75 Å². The van der Waals surface area contributed by atoms with Crippen LogP contribution in [0, 0.1) is 17.5 Å². The van der Waals surface area contributed by atoms with Crippen molar-refractivity contribution in [2.75, 3.05) is 12.4 Å². The smallest absolute Gasteiger partial charge is 0.248 e. The molecule has 2 heterocycles. The summed E-state index contributed by atoms with van der Waals surface area (Å²) in [6.45, 7) is 1.71. The number of aromatic nitrogens is 2. The van der Waals surface area contributed by atoms with E-state index in [1.54, 1.807) is 25.3 Å². The van der Waals surface area contributed by atoms with Gasteiger partial charge in [-0.15, -0.1) is 0 Å². The lowest BCUT2D eigenvalue weighted by atomic mass is 10.0. The summed E-state index contributed by atoms with van der Waals surface area (Å²) in [6, 6.07) is 7.75. The van der Waals surface area contributed by atoms with Gasteiger partial charge in [0.05, 0.1) is 7.11 Å². The van der Waals surface area contributed by atoms with Gasteiger partial charge in [0.1, 0.15) is 17.3 Å². The first-order chi connectivity index (χ1) is 15.4. The zero-order valence-corrected chi connectivity index (χ0v) is 17.2. The average molecular weight is 437 g/mol. The van der Waals surface area contributed by atoms with E-state index in [4.69, 9.17) is 4.74 Å². The molecule has 0 fully saturated rings. The predicted molar refractivity (Wildman–Crippen MR) is 117 cm³/mol. The van der Waals surface area contributed by atoms with E-state index >= 15 is 0 Å². The average Bonchev–Trinajstić information content (AvgIpc) is 3.18. The van der Waals surface area contributed by atoms with E-state index in [9.17, 15) is 18.0 Å². The van der Waals surface area contributed by atoms with Crippen LogP contribution in [-0.4, -0.2) is 23.0 Å². The highest BCUT2D eigenvalue weighted by atomic mass is 19.1. The Bertz CT molecular complexity index is 1360. The van der Waals surface area contributed by atoms with Crippen LogP contribution in [-0.2, 0) is 4.79 Å². The van der Waals surface area contributed by atoms with Crippen LogP contribution in [0.2, 0.25) is 0 Å². The van der Waals surface area contributed by atoms with Gasteiger partial charge in [0, 0.05) is 51.8 Å². The summed E-state index contributed by atoms with van der Waals surface area (Å²) in [5, 5.41) is 3.18. The molecule has 2 aromatic heterocycles. The van der Waals surface area contributed by atoms with Crippen LogP contribution in [0.3, 0.4) is 0 Å². The number of carbonyl (C=O) groups is 1. The molecule has 0 radical (unpaired) electrons. The highest BCUT2D eigenvalue weighted by Gasteiger charge is 2.18. The molecule has 0 saturated carbocycles. The number of benzene rings is 2. The Morgan fingerprint density at radius 3 is 2.62 bits per heavy atom. The number of fused-ring (bicyclic) bond motifs is 1. The standard InChI is InChI=1S/C24H18F3N3O2/c1-3-4-22(31)30-15-5-6-20(26)16(10-15)13-7-18-19(12-29-24(18)28-11-13)17-8-14(25)9-21(27)23(17)32-2/h3-12H,1-2H3,(H,28,29)(H,30,31). The number of hydrogen-bond acceptors (Lipinski definition) is 3. The summed E-state index contributed by atoms with van der Waals surface area (Å²) in [7, 11) is 1.29. The van der Waals surface area contributed by atoms with Crippen molar-refractivity contribution < 1.29 is 22.7 Å². The highest BCUT2D eigenvalue weighted by molar-refractivity contribution is 6.00. The largest absolute Gasteiger partial charge is 0.493 e. The Hall–Kier alpha value is -4.07. The van der Waals surface area contributed by atoms with Gasteiger partial charge in [-0.3, -0.25) is 4.79 Å². The summed E-state index contributed by atoms with van der Waals surface area (Å²) in [5.41, 5.74) is 2.14. The van der Waals surface area contributed by atoms with E-state index in [-0.39, 0.29) is 22.8 Å². The molecule has 0 saturated heterocycles. The molecule has 0 aliphatic heterocycles. The monoisotopic (exact) mass is 437 g/mol. The lowest BCUT2D eigenvalue weighted by Crippen LogP contribution is -2.07. The minimum Gasteiger partial charge on any atom is -0.493 e. The van der Waals surface area contributed by atoms with E-state index in [1.165, 1.54) is 37.6 Å². The molecule has 0 aliphatic rings. The summed E-state index contributed by atoms with van der Waals surface area (Å²) >= 11 is 0. The topological polar surface area (TPSA) is 67.0 Å². The van der Waals surface area contributed by atoms with Gasteiger partial charge in [0.15, 0.2) is 11.6 Å². The van der Waals surface area contributed by atoms with Gasteiger partial charge in [-0.05, 0) is 43.3 Å². The zero-order valence-electron chi connectivity index (χ0n) is 17.2. The summed E-state index contributed by atoms with van der Waals surface area (Å²) in [6.07, 6.45) is 5.98. The number of anilines is 1. The third-order valence-electron chi connectivity index (χ3n) is 4.90. The first kappa shape index (κ1) is 21.2. The fourth-order valence-corrected chi connectivity index (χ4v) is 3.50. The number of allylic oxidation sites excluding steroid dienone is 1. The quantitative estimate of drug-likeness (QED) is 0.386. The fourth-order valence-electron chi connectivity index (χ4n) is 3.50. The second-order valence-corrected chi connectivity index (χ2v) is 6.97. The van der Waals surface area contributed by atoms with E-state index in [1.807, 2.05) is 0 Å². The molecule has 0 atom stereocenters. The number of ether oxygens (including phenoxy) is 1. The molecule has 0 bridgehead atoms. The number of H-pyrrole nitrogens is 1.